The first-order valence-electron chi connectivity index (χ1n) is 8.89. The van der Waals surface area contributed by atoms with Crippen molar-refractivity contribution in [3.63, 3.8) is 0 Å². The first kappa shape index (κ1) is 27.1. The lowest BCUT2D eigenvalue weighted by molar-refractivity contribution is 0.154. The van der Waals surface area contributed by atoms with E-state index in [4.69, 9.17) is 29.9 Å². The van der Waals surface area contributed by atoms with Crippen LogP contribution < -0.4 is 10.5 Å². The average molecular weight is 532 g/mol. The molecule has 0 aliphatic rings. The molecule has 0 fully saturated rings. The lowest BCUT2D eigenvalue weighted by Gasteiger charge is -2.16. The van der Waals surface area contributed by atoms with E-state index in [0.717, 1.165) is 10.4 Å². The number of nitrogens with two attached hydrogens (primary N) is 1. The normalized spacial score (nSPS) is 16.0. The molecule has 2 unspecified atom stereocenters. The molecule has 2 atom stereocenters. The van der Waals surface area contributed by atoms with Gasteiger partial charge < -0.3 is 34.8 Å². The fourth-order valence-corrected chi connectivity index (χ4v) is 6.59. The second-order valence-corrected chi connectivity index (χ2v) is 12.4. The smallest absolute Gasteiger partial charge is 0.488 e. The maximum atomic E-state index is 11.8. The van der Waals surface area contributed by atoms with Crippen molar-refractivity contribution in [2.24, 2.45) is 0 Å². The Morgan fingerprint density at radius 3 is 2.25 bits per heavy atom. The van der Waals surface area contributed by atoms with Crippen LogP contribution in [-0.2, 0) is 33.5 Å². The van der Waals surface area contributed by atoms with Crippen molar-refractivity contribution in [3.05, 3.63) is 30.0 Å². The Bertz CT molecular complexity index is 1050. The molecule has 1 aromatic carbocycles. The van der Waals surface area contributed by atoms with Crippen molar-refractivity contribution in [2.45, 2.75) is 26.4 Å². The van der Waals surface area contributed by atoms with Crippen LogP contribution in [0.3, 0.4) is 0 Å². The van der Waals surface area contributed by atoms with Gasteiger partial charge in [0.1, 0.15) is 12.1 Å². The molecule has 1 heterocycles. The van der Waals surface area contributed by atoms with Crippen LogP contribution in [0.2, 0.25) is 0 Å². The van der Waals surface area contributed by atoms with Crippen LogP contribution in [-0.4, -0.2) is 43.6 Å². The van der Waals surface area contributed by atoms with Gasteiger partial charge in [0.05, 0.1) is 23.3 Å². The van der Waals surface area contributed by atoms with Gasteiger partial charge in [-0.3, -0.25) is 4.57 Å². The lowest BCUT2D eigenvalue weighted by atomic mass is 10.1. The minimum absolute atomic E-state index is 0.0298. The molecule has 0 aliphatic carbocycles. The number of phosphoric acid groups is 2. The molecule has 0 amide bonds. The first-order chi connectivity index (χ1) is 14.7. The summed E-state index contributed by atoms with van der Waals surface area (Å²) < 4.78 is 51.8. The summed E-state index contributed by atoms with van der Waals surface area (Å²) >= 11 is 1.25. The third-order valence-electron chi connectivity index (χ3n) is 3.38. The molecule has 6 N–H and O–H groups in total. The largest absolute Gasteiger partial charge is 0.491 e. The van der Waals surface area contributed by atoms with Gasteiger partial charge in [0, 0.05) is 6.42 Å². The van der Waals surface area contributed by atoms with Gasteiger partial charge in [-0.25, -0.2) is 18.4 Å². The molecule has 0 saturated heterocycles. The van der Waals surface area contributed by atoms with E-state index in [1.165, 1.54) is 11.3 Å². The van der Waals surface area contributed by atoms with E-state index in [1.807, 2.05) is 26.0 Å². The highest BCUT2D eigenvalue weighted by Crippen LogP contribution is 2.65. The van der Waals surface area contributed by atoms with E-state index in [2.05, 4.69) is 13.6 Å². The molecule has 0 saturated carbocycles. The molecule has 0 radical (unpaired) electrons. The number of nitrogens with zero attached hydrogens (tertiary/aromatic N) is 1. The average Bonchev–Trinajstić information content (AvgIpc) is 2.96. The second-order valence-electron chi connectivity index (χ2n) is 6.57. The van der Waals surface area contributed by atoms with Gasteiger partial charge in [0.25, 0.3) is 0 Å². The number of hydrogen-bond donors (Lipinski definition) is 5. The summed E-state index contributed by atoms with van der Waals surface area (Å²) in [6, 6.07) is 7.28. The van der Waals surface area contributed by atoms with E-state index in [0.29, 0.717) is 16.6 Å². The second kappa shape index (κ2) is 10.9. The highest BCUT2D eigenvalue weighted by atomic mass is 32.1. The Hall–Kier alpha value is -1.14. The Labute approximate surface area is 187 Å². The summed E-state index contributed by atoms with van der Waals surface area (Å²) in [6.07, 6.45) is -0.816. The zero-order chi connectivity index (χ0) is 24.2. The molecule has 1 aromatic heterocycles. The Balaban J connectivity index is 1.96. The molecule has 2 aromatic rings. The van der Waals surface area contributed by atoms with Crippen molar-refractivity contribution in [3.8, 4) is 16.2 Å². The molecular weight excluding hydrogens is 509 g/mol. The van der Waals surface area contributed by atoms with Crippen LogP contribution >= 0.6 is 34.6 Å². The van der Waals surface area contributed by atoms with E-state index in [-0.39, 0.29) is 19.1 Å². The lowest BCUT2D eigenvalue weighted by Crippen LogP contribution is -2.05. The fraction of sp³-hybridized carbons (Fsp3) is 0.400. The highest BCUT2D eigenvalue weighted by molar-refractivity contribution is 7.68. The molecule has 2 rings (SSSR count). The van der Waals surface area contributed by atoms with E-state index in [1.54, 1.807) is 12.1 Å². The van der Waals surface area contributed by atoms with Crippen LogP contribution in [0.5, 0.6) is 5.75 Å². The molecule has 32 heavy (non-hydrogen) atoms. The minimum Gasteiger partial charge on any atom is -0.491 e. The maximum Gasteiger partial charge on any atom is 0.488 e. The Kier molecular flexibility index (Phi) is 9.20. The molecule has 0 aliphatic heterocycles. The standard InChI is InChI=1S/C15H23N2O11P3S/c1-10(2)26-12-5-3-11(4-6-12)14-13(17-15(16)32-14)7-8-25-9-29(18,19)27-31(23,24)28-30(20,21)22/h3-6,10H,7-9H2,1-2H3,(H2,16,17)(H,18,19)(H,23,24)(H2,20,21,22). The zero-order valence-electron chi connectivity index (χ0n) is 16.9. The summed E-state index contributed by atoms with van der Waals surface area (Å²) in [6.45, 7) is 3.69. The summed E-state index contributed by atoms with van der Waals surface area (Å²) in [4.78, 5) is 40.7. The Morgan fingerprint density at radius 1 is 1.06 bits per heavy atom. The van der Waals surface area contributed by atoms with Crippen molar-refractivity contribution >= 4 is 39.7 Å². The SMILES string of the molecule is CC(C)Oc1ccc(-c2sc(N)nc2CCOCP(=O)(O)OP(=O)(O)OP(=O)(O)O)cc1. The maximum absolute atomic E-state index is 11.8. The van der Waals surface area contributed by atoms with Crippen LogP contribution in [0.1, 0.15) is 19.5 Å². The number of rotatable bonds is 12. The summed E-state index contributed by atoms with van der Waals surface area (Å²) in [5, 5.41) is 0.310. The van der Waals surface area contributed by atoms with Crippen molar-refractivity contribution in [1.82, 2.24) is 4.98 Å². The van der Waals surface area contributed by atoms with Crippen LogP contribution in [0.15, 0.2) is 24.3 Å². The first-order valence-corrected chi connectivity index (χ1v) is 14.5. The van der Waals surface area contributed by atoms with Gasteiger partial charge in [-0.05, 0) is 43.7 Å². The zero-order valence-corrected chi connectivity index (χ0v) is 20.4. The number of nitrogen functional groups attached to an aromatic ring is 1. The van der Waals surface area contributed by atoms with Gasteiger partial charge in [-0.1, -0.05) is 11.3 Å². The van der Waals surface area contributed by atoms with Gasteiger partial charge in [0.15, 0.2) is 5.13 Å². The van der Waals surface area contributed by atoms with Gasteiger partial charge in [-0.15, -0.1) is 0 Å². The van der Waals surface area contributed by atoms with Gasteiger partial charge in [-0.2, -0.15) is 4.31 Å². The van der Waals surface area contributed by atoms with E-state index >= 15 is 0 Å². The number of thiazole rings is 1. The van der Waals surface area contributed by atoms with E-state index < -0.39 is 29.6 Å². The van der Waals surface area contributed by atoms with E-state index in [9.17, 15) is 18.6 Å². The number of ether oxygens (including phenoxy) is 2. The fourth-order valence-electron chi connectivity index (χ4n) is 2.40. The van der Waals surface area contributed by atoms with Crippen molar-refractivity contribution in [2.75, 3.05) is 18.7 Å². The number of hydrogen-bond acceptors (Lipinski definition) is 10. The summed E-state index contributed by atoms with van der Waals surface area (Å²) in [5.74, 6) is 0.703. The summed E-state index contributed by atoms with van der Waals surface area (Å²) in [7, 11) is -15.8. The van der Waals surface area contributed by atoms with Gasteiger partial charge in [0.2, 0.25) is 0 Å². The molecule has 13 nitrogen and oxygen atoms in total. The van der Waals surface area contributed by atoms with Crippen molar-refractivity contribution in [1.29, 1.82) is 0 Å². The monoisotopic (exact) mass is 532 g/mol. The predicted molar refractivity (Wildman–Crippen MR) is 116 cm³/mol. The molecule has 17 heteroatoms. The quantitative estimate of drug-likeness (QED) is 0.197. The Morgan fingerprint density at radius 2 is 1.69 bits per heavy atom. The van der Waals surface area contributed by atoms with Crippen LogP contribution in [0.4, 0.5) is 5.13 Å². The minimum atomic E-state index is -5.49. The van der Waals surface area contributed by atoms with Crippen LogP contribution in [0.25, 0.3) is 10.4 Å². The number of aromatic nitrogens is 1. The third-order valence-corrected chi connectivity index (χ3v) is 8.39. The molecule has 180 valence electrons. The topological polar surface area (TPSA) is 208 Å². The van der Waals surface area contributed by atoms with Crippen molar-refractivity contribution < 1.29 is 51.4 Å². The van der Waals surface area contributed by atoms with Gasteiger partial charge >= 0.3 is 23.2 Å². The van der Waals surface area contributed by atoms with Crippen LogP contribution in [0, 0.1) is 0 Å². The molecular formula is C15H23N2O11P3S. The molecule has 0 bridgehead atoms. The predicted octanol–water partition coefficient (Wildman–Crippen LogP) is 3.11. The highest BCUT2D eigenvalue weighted by Gasteiger charge is 2.39. The molecule has 0 spiro atoms. The number of anilines is 1. The number of benzene rings is 1. The third kappa shape index (κ3) is 9.38. The summed E-state index contributed by atoms with van der Waals surface area (Å²) in [5.41, 5.74) is 7.20.